The smallest absolute Gasteiger partial charge is 0.278 e. The van der Waals surface area contributed by atoms with E-state index in [4.69, 9.17) is 10.5 Å². The maximum atomic E-state index is 13.4. The minimum Gasteiger partial charge on any atom is -0.381 e. The van der Waals surface area contributed by atoms with Gasteiger partial charge in [0.05, 0.1) is 18.0 Å². The number of hydrogen-bond acceptors (Lipinski definition) is 6. The lowest BCUT2D eigenvalue weighted by Crippen LogP contribution is -2.43. The molecular formula is C22H23N4O4S+. The topological polar surface area (TPSA) is 108 Å². The van der Waals surface area contributed by atoms with Crippen molar-refractivity contribution in [3.05, 3.63) is 70.1 Å². The van der Waals surface area contributed by atoms with Crippen LogP contribution in [0.25, 0.3) is 16.7 Å². The summed E-state index contributed by atoms with van der Waals surface area (Å²) in [6, 6.07) is 11.4. The average Bonchev–Trinajstić information content (AvgIpc) is 2.74. The van der Waals surface area contributed by atoms with Crippen LogP contribution in [0.2, 0.25) is 0 Å². The lowest BCUT2D eigenvalue weighted by Gasteiger charge is -2.13. The molecule has 2 N–H and O–H groups in total. The maximum Gasteiger partial charge on any atom is 0.278 e. The zero-order valence-electron chi connectivity index (χ0n) is 17.5. The number of hydrogen-bond donors (Lipinski definition) is 1. The Morgan fingerprint density at radius 3 is 2.55 bits per heavy atom. The molecule has 0 atom stereocenters. The molecule has 0 spiro atoms. The highest BCUT2D eigenvalue weighted by molar-refractivity contribution is 7.91. The normalized spacial score (nSPS) is 12.0. The van der Waals surface area contributed by atoms with Gasteiger partial charge in [-0.25, -0.2) is 13.0 Å². The summed E-state index contributed by atoms with van der Waals surface area (Å²) in [6.07, 6.45) is 1.61. The molecule has 0 amide bonds. The molecule has 3 aromatic heterocycles. The van der Waals surface area contributed by atoms with E-state index < -0.39 is 9.84 Å². The molecule has 8 nitrogen and oxygen atoms in total. The SMILES string of the molecule is COCC[n+]1c(N)c(S(=O)(=O)c2ccc(C)cc2)cc2c(=O)n3cccc(C)c3nc21. The van der Waals surface area contributed by atoms with E-state index in [1.165, 1.54) is 34.3 Å². The Kier molecular flexibility index (Phi) is 5.24. The molecule has 0 bridgehead atoms. The van der Waals surface area contributed by atoms with Crippen LogP contribution in [0.15, 0.2) is 63.2 Å². The largest absolute Gasteiger partial charge is 0.381 e. The van der Waals surface area contributed by atoms with Gasteiger partial charge in [-0.05, 0) is 38.1 Å². The van der Waals surface area contributed by atoms with E-state index in [0.29, 0.717) is 11.3 Å². The molecule has 0 saturated heterocycles. The first kappa shape index (κ1) is 21.0. The number of fused-ring (bicyclic) bond motifs is 2. The van der Waals surface area contributed by atoms with E-state index >= 15 is 0 Å². The number of ether oxygens (including phenoxy) is 1. The summed E-state index contributed by atoms with van der Waals surface area (Å²) in [5.41, 5.74) is 8.54. The van der Waals surface area contributed by atoms with Gasteiger partial charge >= 0.3 is 0 Å². The molecule has 31 heavy (non-hydrogen) atoms. The van der Waals surface area contributed by atoms with Crippen molar-refractivity contribution in [3.63, 3.8) is 0 Å². The van der Waals surface area contributed by atoms with Gasteiger partial charge in [-0.15, -0.1) is 0 Å². The van der Waals surface area contributed by atoms with Gasteiger partial charge in [0.2, 0.25) is 21.3 Å². The van der Waals surface area contributed by atoms with Gasteiger partial charge in [0.15, 0.2) is 0 Å². The summed E-state index contributed by atoms with van der Waals surface area (Å²) in [4.78, 5) is 17.9. The summed E-state index contributed by atoms with van der Waals surface area (Å²) in [7, 11) is -2.43. The third-order valence-corrected chi connectivity index (χ3v) is 7.08. The van der Waals surface area contributed by atoms with Crippen LogP contribution in [-0.4, -0.2) is 31.5 Å². The van der Waals surface area contributed by atoms with Crippen LogP contribution < -0.4 is 15.9 Å². The van der Waals surface area contributed by atoms with Crippen LogP contribution in [0.1, 0.15) is 11.1 Å². The monoisotopic (exact) mass is 439 g/mol. The van der Waals surface area contributed by atoms with E-state index in [-0.39, 0.29) is 39.7 Å². The lowest BCUT2D eigenvalue weighted by atomic mass is 10.2. The molecule has 160 valence electrons. The fraction of sp³-hybridized carbons (Fsp3) is 0.227. The predicted molar refractivity (Wildman–Crippen MR) is 117 cm³/mol. The van der Waals surface area contributed by atoms with E-state index in [2.05, 4.69) is 4.98 Å². The average molecular weight is 440 g/mol. The molecule has 0 fully saturated rings. The van der Waals surface area contributed by atoms with Crippen LogP contribution in [0, 0.1) is 13.8 Å². The molecule has 4 rings (SSSR count). The van der Waals surface area contributed by atoms with Crippen molar-refractivity contribution in [1.82, 2.24) is 9.38 Å². The van der Waals surface area contributed by atoms with Crippen LogP contribution in [0.5, 0.6) is 0 Å². The number of aromatic nitrogens is 3. The fourth-order valence-electron chi connectivity index (χ4n) is 3.55. The minimum absolute atomic E-state index is 0.00922. The third kappa shape index (κ3) is 3.45. The number of benzene rings is 1. The Morgan fingerprint density at radius 1 is 1.16 bits per heavy atom. The van der Waals surface area contributed by atoms with E-state index in [0.717, 1.165) is 11.1 Å². The van der Waals surface area contributed by atoms with Crippen molar-refractivity contribution in [1.29, 1.82) is 0 Å². The molecule has 0 aliphatic carbocycles. The lowest BCUT2D eigenvalue weighted by molar-refractivity contribution is -0.662. The van der Waals surface area contributed by atoms with Crippen LogP contribution in [0.4, 0.5) is 5.82 Å². The van der Waals surface area contributed by atoms with Crippen LogP contribution in [-0.2, 0) is 21.1 Å². The van der Waals surface area contributed by atoms with Crippen molar-refractivity contribution in [2.75, 3.05) is 19.5 Å². The fourth-order valence-corrected chi connectivity index (χ4v) is 4.96. The molecule has 1 aromatic carbocycles. The molecule has 0 radical (unpaired) electrons. The molecule has 0 aliphatic heterocycles. The summed E-state index contributed by atoms with van der Waals surface area (Å²) < 4.78 is 34.9. The third-order valence-electron chi connectivity index (χ3n) is 5.28. The van der Waals surface area contributed by atoms with Crippen molar-refractivity contribution in [2.24, 2.45) is 0 Å². The molecule has 9 heteroatoms. The second-order valence-corrected chi connectivity index (χ2v) is 9.31. The number of nitrogens with zero attached hydrogens (tertiary/aromatic N) is 3. The number of aryl methyl sites for hydroxylation is 2. The first-order valence-electron chi connectivity index (χ1n) is 9.70. The Balaban J connectivity index is 2.11. The number of pyridine rings is 2. The van der Waals surface area contributed by atoms with E-state index in [1.54, 1.807) is 24.4 Å². The zero-order chi connectivity index (χ0) is 22.3. The molecule has 0 saturated carbocycles. The second-order valence-electron chi connectivity index (χ2n) is 7.39. The van der Waals surface area contributed by atoms with Gasteiger partial charge in [-0.3, -0.25) is 9.20 Å². The van der Waals surface area contributed by atoms with Gasteiger partial charge in [-0.1, -0.05) is 28.7 Å². The first-order chi connectivity index (χ1) is 14.8. The number of methoxy groups -OCH3 is 1. The zero-order valence-corrected chi connectivity index (χ0v) is 18.3. The van der Waals surface area contributed by atoms with Gasteiger partial charge < -0.3 is 10.5 Å². The second kappa shape index (κ2) is 7.75. The maximum absolute atomic E-state index is 13.4. The van der Waals surface area contributed by atoms with Gasteiger partial charge in [0, 0.05) is 18.9 Å². The van der Waals surface area contributed by atoms with Crippen molar-refractivity contribution in [2.45, 2.75) is 30.2 Å². The number of rotatable bonds is 5. The molecular weight excluding hydrogens is 416 g/mol. The molecule has 0 aliphatic rings. The Hall–Kier alpha value is -3.30. The van der Waals surface area contributed by atoms with Crippen LogP contribution >= 0.6 is 0 Å². The Labute approximate surface area is 179 Å². The highest BCUT2D eigenvalue weighted by Gasteiger charge is 2.29. The van der Waals surface area contributed by atoms with Gasteiger partial charge in [-0.2, -0.15) is 0 Å². The minimum atomic E-state index is -3.97. The number of sulfone groups is 1. The summed E-state index contributed by atoms with van der Waals surface area (Å²) in [5.74, 6) is 0.00922. The standard InChI is InChI=1S/C22H22N4O4S/c1-14-6-8-16(9-7-14)31(28,29)18-13-17-21(25(19(18)23)11-12-30-3)24-20-15(2)5-4-10-26(20)22(17)27/h4-10,13,23H,11-12H2,1-3H3/p+1. The Bertz CT molecular complexity index is 1480. The summed E-state index contributed by atoms with van der Waals surface area (Å²) in [6.45, 7) is 4.24. The van der Waals surface area contributed by atoms with Crippen molar-refractivity contribution >= 4 is 32.3 Å². The van der Waals surface area contributed by atoms with Gasteiger partial charge in [0.25, 0.3) is 11.2 Å². The summed E-state index contributed by atoms with van der Waals surface area (Å²) in [5, 5.41) is 0.166. The van der Waals surface area contributed by atoms with Crippen molar-refractivity contribution in [3.8, 4) is 0 Å². The number of nitrogens with two attached hydrogens (primary N) is 1. The van der Waals surface area contributed by atoms with Crippen molar-refractivity contribution < 1.29 is 17.7 Å². The first-order valence-corrected chi connectivity index (χ1v) is 11.2. The quantitative estimate of drug-likeness (QED) is 0.375. The molecule has 3 heterocycles. The highest BCUT2D eigenvalue weighted by Crippen LogP contribution is 2.26. The number of anilines is 1. The van der Waals surface area contributed by atoms with Crippen LogP contribution in [0.3, 0.4) is 0 Å². The van der Waals surface area contributed by atoms with E-state index in [9.17, 15) is 13.2 Å². The highest BCUT2D eigenvalue weighted by atomic mass is 32.2. The summed E-state index contributed by atoms with van der Waals surface area (Å²) >= 11 is 0. The van der Waals surface area contributed by atoms with E-state index in [1.807, 2.05) is 19.9 Å². The molecule has 0 unspecified atom stereocenters. The predicted octanol–water partition coefficient (Wildman–Crippen LogP) is 1.81. The Morgan fingerprint density at radius 2 is 1.87 bits per heavy atom. The molecule has 4 aromatic rings. The number of nitrogen functional groups attached to an aromatic ring is 1. The van der Waals surface area contributed by atoms with Gasteiger partial charge in [0.1, 0.15) is 10.3 Å².